The Hall–Kier alpha value is -12.2. The summed E-state index contributed by atoms with van der Waals surface area (Å²) in [6.07, 6.45) is 13.1. The number of ketones is 1. The molecule has 5 fully saturated rings. The summed E-state index contributed by atoms with van der Waals surface area (Å²) in [5, 5.41) is 0. The van der Waals surface area contributed by atoms with Crippen LogP contribution in [0.4, 0.5) is 24.0 Å². The fraction of sp³-hybridized carbons (Fsp3) is 0.588. The van der Waals surface area contributed by atoms with Crippen molar-refractivity contribution in [2.45, 2.75) is 317 Å². The van der Waals surface area contributed by atoms with E-state index >= 15 is 0 Å². The summed E-state index contributed by atoms with van der Waals surface area (Å²) < 4.78 is 106. The van der Waals surface area contributed by atoms with Crippen LogP contribution >= 0.6 is 7.60 Å². The van der Waals surface area contributed by atoms with E-state index in [4.69, 9.17) is 75.4 Å². The summed E-state index contributed by atoms with van der Waals surface area (Å²) >= 11 is 0. The van der Waals surface area contributed by atoms with Gasteiger partial charge in [0.05, 0.1) is 71.1 Å². The number of hydrogen-bond acceptors (Lipinski definition) is 29. The van der Waals surface area contributed by atoms with Gasteiger partial charge in [0, 0.05) is 177 Å². The number of amides is 5. The monoisotopic (exact) mass is 2090 g/mol. The molecule has 35 heteroatoms. The standard InChI is InChI=1S/C22H31NO5.3C22H29NO5.C18H23NO4.C8H17O5P/c4*1-5-26-19(24)14-16-15-22(27-18-9-7-6-8-17(16)18)10-12-23(13-11-22)20(25)28-21(2,3)4;1-17(2,3)23-16(21)19-10-8-18(9-11-19)12-14(20)13-6-4-5-7-15(13)22-18;1-4-11-8(9)7-14(10,12-5-2)13-6-3/h6-9,16H,5,10-15H2,1-4H3;6-9,15H,5,10-14H2,1-4H3;2*6-9,14H,5,10-13,15H2,1-4H3;4-7H,8-12H2,1-3H3;4-7H2,1-3H3/b;;16-14+;16-14-;;. The van der Waals surface area contributed by atoms with Crippen molar-refractivity contribution in [3.8, 4) is 28.7 Å². The lowest BCUT2D eigenvalue weighted by molar-refractivity contribution is -0.144. The molecule has 0 aromatic heterocycles. The van der Waals surface area contributed by atoms with Crippen molar-refractivity contribution in [1.29, 1.82) is 0 Å². The van der Waals surface area contributed by atoms with E-state index in [0.29, 0.717) is 180 Å². The van der Waals surface area contributed by atoms with E-state index in [-0.39, 0.29) is 104 Å². The average Bonchev–Trinajstić information content (AvgIpc) is 0.776. The summed E-state index contributed by atoms with van der Waals surface area (Å²) in [5.74, 6) is 2.36. The molecule has 15 rings (SSSR count). The molecule has 10 aliphatic heterocycles. The highest BCUT2D eigenvalue weighted by Gasteiger charge is 2.50. The molecule has 5 aromatic carbocycles. The highest BCUT2D eigenvalue weighted by molar-refractivity contribution is 7.54. The molecule has 1 atom stereocenters. The number of Topliss-reactive ketones (excluding diaryl/α,β-unsaturated/α-hetero) is 1. The first-order valence-corrected chi connectivity index (χ1v) is 54.1. The molecule has 0 aliphatic carbocycles. The van der Waals surface area contributed by atoms with Crippen LogP contribution in [-0.2, 0) is 85.0 Å². The summed E-state index contributed by atoms with van der Waals surface area (Å²) in [4.78, 5) is 142. The first kappa shape index (κ1) is 119. The number of benzene rings is 5. The molecule has 5 spiro atoms. The molecule has 0 N–H and O–H groups in total. The van der Waals surface area contributed by atoms with E-state index in [1.54, 1.807) is 84.3 Å². The minimum Gasteiger partial charge on any atom is -0.487 e. The van der Waals surface area contributed by atoms with Gasteiger partial charge < -0.3 is 105 Å². The van der Waals surface area contributed by atoms with Crippen molar-refractivity contribution in [2.24, 2.45) is 0 Å². The predicted octanol–water partition coefficient (Wildman–Crippen LogP) is 22.1. The number of likely N-dealkylation sites (tertiary alicyclic amines) is 5. The van der Waals surface area contributed by atoms with E-state index in [2.05, 4.69) is 10.8 Å². The number of hydrogen-bond donors (Lipinski definition) is 0. The molecule has 0 bridgehead atoms. The maximum atomic E-state index is 12.4. The number of esters is 5. The van der Waals surface area contributed by atoms with Crippen molar-refractivity contribution >= 4 is 90.4 Å². The van der Waals surface area contributed by atoms with Crippen molar-refractivity contribution in [3.05, 3.63) is 167 Å². The van der Waals surface area contributed by atoms with Gasteiger partial charge in [0.25, 0.3) is 0 Å². The highest BCUT2D eigenvalue weighted by atomic mass is 31.2. The first-order valence-electron chi connectivity index (χ1n) is 52.4. The van der Waals surface area contributed by atoms with Crippen LogP contribution in [0.15, 0.2) is 140 Å². The van der Waals surface area contributed by atoms with E-state index < -0.39 is 64.0 Å². The average molecular weight is 2090 g/mol. The number of carbonyl (C=O) groups is 11. The Morgan fingerprint density at radius 3 is 1.00 bits per heavy atom. The smallest absolute Gasteiger partial charge is 0.410 e. The van der Waals surface area contributed by atoms with Crippen LogP contribution in [0.25, 0.3) is 16.7 Å². The fourth-order valence-electron chi connectivity index (χ4n) is 19.1. The fourth-order valence-corrected chi connectivity index (χ4v) is 20.6. The van der Waals surface area contributed by atoms with Gasteiger partial charge in [-0.3, -0.25) is 23.7 Å². The normalized spacial score (nSPS) is 18.9. The number of fused-ring (bicyclic) bond motifs is 5. The van der Waals surface area contributed by atoms with Gasteiger partial charge in [-0.05, 0) is 224 Å². The van der Waals surface area contributed by atoms with Crippen LogP contribution in [0.5, 0.6) is 28.7 Å². The van der Waals surface area contributed by atoms with Crippen LogP contribution in [-0.4, -0.2) is 264 Å². The number of rotatable bonds is 17. The molecule has 10 aliphatic rings. The van der Waals surface area contributed by atoms with Crippen molar-refractivity contribution in [2.75, 3.05) is 118 Å². The first-order chi connectivity index (χ1) is 70.2. The molecule has 5 saturated heterocycles. The lowest BCUT2D eigenvalue weighted by Crippen LogP contribution is -2.52. The Morgan fingerprint density at radius 1 is 0.342 bits per heavy atom. The van der Waals surface area contributed by atoms with Gasteiger partial charge in [-0.25, -0.2) is 33.6 Å². The third-order valence-electron chi connectivity index (χ3n) is 25.8. The second kappa shape index (κ2) is 52.0. The minimum atomic E-state index is -3.28. The quantitative estimate of drug-likeness (QED) is 0.0361. The number of ether oxygens (including phenoxy) is 15. The number of nitrogens with zero attached hydrogens (tertiary/aromatic N) is 5. The second-order valence-electron chi connectivity index (χ2n) is 43.4. The Bertz CT molecular complexity index is 5430. The van der Waals surface area contributed by atoms with Crippen molar-refractivity contribution < 1.29 is 137 Å². The zero-order valence-electron chi connectivity index (χ0n) is 91.4. The topological polar surface area (TPSA) is 378 Å². The Morgan fingerprint density at radius 2 is 0.638 bits per heavy atom. The van der Waals surface area contributed by atoms with Gasteiger partial charge in [0.1, 0.15) is 90.9 Å². The third-order valence-corrected chi connectivity index (χ3v) is 27.7. The van der Waals surface area contributed by atoms with Gasteiger partial charge in [0.2, 0.25) is 0 Å². The van der Waals surface area contributed by atoms with E-state index in [1.165, 1.54) is 0 Å². The highest BCUT2D eigenvalue weighted by Crippen LogP contribution is 2.52. The largest absolute Gasteiger partial charge is 0.487 e. The summed E-state index contributed by atoms with van der Waals surface area (Å²) in [6, 6.07) is 38.5. The van der Waals surface area contributed by atoms with E-state index in [1.807, 2.05) is 226 Å². The van der Waals surface area contributed by atoms with E-state index in [9.17, 15) is 57.3 Å². The molecular formula is C114H158N5O29P. The van der Waals surface area contributed by atoms with Crippen LogP contribution in [0.1, 0.15) is 294 Å². The SMILES string of the molecule is CC(C)(C)OC(=O)N1CCC2(CC1)CC(=O)c1ccccc1O2.CCOC(=O)/C=C1/CC2(CCN(C(=O)OC(C)(C)C)CC2)Oc2ccccc21.CCOC(=O)/C=C1\CC2(CCN(C(=O)OC(C)(C)C)CC2)Oc2ccccc21.CCOC(=O)CC1=CC2(CCN(C(=O)OC(C)(C)C)CC2)Oc2ccccc21.CCOC(=O)CC1CC2(CCN(C(=O)OC(C)(C)C)CC2)Oc2ccccc21.CCOC(=O)CP(=O)(OCC)OCC. The lowest BCUT2D eigenvalue weighted by atomic mass is 9.76. The molecule has 0 saturated carbocycles. The van der Waals surface area contributed by atoms with Crippen LogP contribution in [0.2, 0.25) is 0 Å². The Balaban J connectivity index is 0.000000185. The molecule has 0 radical (unpaired) electrons. The van der Waals surface area contributed by atoms with Crippen LogP contribution in [0.3, 0.4) is 0 Å². The number of piperidine rings is 5. The zero-order valence-corrected chi connectivity index (χ0v) is 92.3. The molecule has 818 valence electrons. The van der Waals surface area contributed by atoms with Crippen LogP contribution < -0.4 is 23.7 Å². The van der Waals surface area contributed by atoms with Crippen LogP contribution in [0, 0.1) is 0 Å². The molecule has 149 heavy (non-hydrogen) atoms. The molecular weight excluding hydrogens is 1930 g/mol. The van der Waals surface area contributed by atoms with Gasteiger partial charge >= 0.3 is 67.9 Å². The van der Waals surface area contributed by atoms with Gasteiger partial charge in [0.15, 0.2) is 5.78 Å². The number of carbonyl (C=O) groups excluding carboxylic acids is 11. The van der Waals surface area contributed by atoms with Gasteiger partial charge in [-0.1, -0.05) is 84.9 Å². The lowest BCUT2D eigenvalue weighted by Gasteiger charge is -2.46. The maximum absolute atomic E-state index is 12.4. The predicted molar refractivity (Wildman–Crippen MR) is 562 cm³/mol. The Kier molecular flexibility index (Phi) is 41.5. The second-order valence-corrected chi connectivity index (χ2v) is 45.5. The molecule has 10 heterocycles. The third kappa shape index (κ3) is 35.5. The minimum absolute atomic E-state index is 0.0667. The zero-order chi connectivity index (χ0) is 109. The van der Waals surface area contributed by atoms with Gasteiger partial charge in [-0.15, -0.1) is 0 Å². The molecule has 1 unspecified atom stereocenters. The molecule has 5 amide bonds. The van der Waals surface area contributed by atoms with E-state index in [0.717, 1.165) is 81.2 Å². The summed E-state index contributed by atoms with van der Waals surface area (Å²) in [5.41, 5.74) is 2.52. The Labute approximate surface area is 878 Å². The van der Waals surface area contributed by atoms with Crippen molar-refractivity contribution in [1.82, 2.24) is 24.5 Å². The maximum Gasteiger partial charge on any atom is 0.410 e. The number of para-hydroxylation sites is 5. The van der Waals surface area contributed by atoms with Crippen molar-refractivity contribution in [3.63, 3.8) is 0 Å². The summed E-state index contributed by atoms with van der Waals surface area (Å²) in [7, 11) is -3.28. The molecule has 5 aromatic rings. The van der Waals surface area contributed by atoms with Gasteiger partial charge in [-0.2, -0.15) is 0 Å². The summed E-state index contributed by atoms with van der Waals surface area (Å²) in [6.45, 7) is 48.0. The molecule has 34 nitrogen and oxygen atoms in total.